The van der Waals surface area contributed by atoms with Crippen LogP contribution in [0.25, 0.3) is 0 Å². The van der Waals surface area contributed by atoms with Crippen LogP contribution in [0, 0.1) is 5.92 Å². The van der Waals surface area contributed by atoms with Crippen LogP contribution in [0.5, 0.6) is 5.75 Å². The monoisotopic (exact) mass is 302 g/mol. The van der Waals surface area contributed by atoms with Gasteiger partial charge in [0.15, 0.2) is 0 Å². The summed E-state index contributed by atoms with van der Waals surface area (Å²) < 4.78 is 11.0. The number of benzene rings is 1. The maximum atomic E-state index is 12.5. The SMILES string of the molecule is C=CCNC(=O)[C@@H]1Cc2ccc(OC)cc2N2CCOC[C@H]12. The molecule has 1 saturated heterocycles. The standard InChI is InChI=1S/C17H22N2O3/c1-3-6-18-17(20)14-9-12-4-5-13(21-2)10-15(12)19-7-8-22-11-16(14)19/h3-5,10,14,16H,1,6-9,11H2,2H3,(H,18,20)/t14-,16-/m1/s1. The second-order valence-corrected chi connectivity index (χ2v) is 5.67. The van der Waals surface area contributed by atoms with E-state index in [4.69, 9.17) is 9.47 Å². The summed E-state index contributed by atoms with van der Waals surface area (Å²) in [5.74, 6) is 0.821. The zero-order chi connectivity index (χ0) is 15.5. The first kappa shape index (κ1) is 14.9. The Morgan fingerprint density at radius 3 is 3.23 bits per heavy atom. The summed E-state index contributed by atoms with van der Waals surface area (Å²) in [4.78, 5) is 14.8. The lowest BCUT2D eigenvalue weighted by molar-refractivity contribution is -0.126. The first-order valence-corrected chi connectivity index (χ1v) is 7.64. The van der Waals surface area contributed by atoms with E-state index in [1.54, 1.807) is 13.2 Å². The van der Waals surface area contributed by atoms with Crippen LogP contribution in [0.4, 0.5) is 5.69 Å². The summed E-state index contributed by atoms with van der Waals surface area (Å²) in [5.41, 5.74) is 2.36. The van der Waals surface area contributed by atoms with Gasteiger partial charge in [-0.05, 0) is 18.1 Å². The third-order valence-electron chi connectivity index (χ3n) is 4.43. The van der Waals surface area contributed by atoms with Gasteiger partial charge in [-0.2, -0.15) is 0 Å². The molecule has 2 atom stereocenters. The number of amides is 1. The number of ether oxygens (including phenoxy) is 2. The van der Waals surface area contributed by atoms with Crippen molar-refractivity contribution < 1.29 is 14.3 Å². The van der Waals surface area contributed by atoms with Crippen molar-refractivity contribution in [2.75, 3.05) is 38.3 Å². The average Bonchev–Trinajstić information content (AvgIpc) is 2.58. The molecule has 1 N–H and O–H groups in total. The highest BCUT2D eigenvalue weighted by Crippen LogP contribution is 2.37. The Labute approximate surface area is 130 Å². The minimum atomic E-state index is -0.0962. The van der Waals surface area contributed by atoms with E-state index in [2.05, 4.69) is 28.9 Å². The smallest absolute Gasteiger partial charge is 0.225 e. The molecule has 0 spiro atoms. The molecule has 0 radical (unpaired) electrons. The summed E-state index contributed by atoms with van der Waals surface area (Å²) in [6.07, 6.45) is 2.43. The number of nitrogens with zero attached hydrogens (tertiary/aromatic N) is 1. The number of morpholine rings is 1. The van der Waals surface area contributed by atoms with Crippen molar-refractivity contribution in [3.05, 3.63) is 36.4 Å². The van der Waals surface area contributed by atoms with Crippen molar-refractivity contribution in [1.82, 2.24) is 5.32 Å². The second-order valence-electron chi connectivity index (χ2n) is 5.67. The lowest BCUT2D eigenvalue weighted by Gasteiger charge is -2.45. The molecular weight excluding hydrogens is 280 g/mol. The van der Waals surface area contributed by atoms with Crippen molar-refractivity contribution in [2.24, 2.45) is 5.92 Å². The Hall–Kier alpha value is -2.01. The van der Waals surface area contributed by atoms with Gasteiger partial charge in [0.1, 0.15) is 5.75 Å². The molecule has 0 aromatic heterocycles. The molecule has 2 aliphatic heterocycles. The normalized spacial score (nSPS) is 23.2. The largest absolute Gasteiger partial charge is 0.497 e. The molecule has 0 unspecified atom stereocenters. The molecular formula is C17H22N2O3. The van der Waals surface area contributed by atoms with Gasteiger partial charge in [0.25, 0.3) is 0 Å². The Balaban J connectivity index is 1.91. The van der Waals surface area contributed by atoms with Gasteiger partial charge in [-0.1, -0.05) is 12.1 Å². The Bertz CT molecular complexity index is 573. The Kier molecular flexibility index (Phi) is 4.34. The lowest BCUT2D eigenvalue weighted by Crippen LogP contribution is -2.56. The number of methoxy groups -OCH3 is 1. The van der Waals surface area contributed by atoms with Crippen LogP contribution in [0.15, 0.2) is 30.9 Å². The van der Waals surface area contributed by atoms with E-state index in [9.17, 15) is 4.79 Å². The van der Waals surface area contributed by atoms with Gasteiger partial charge in [-0.3, -0.25) is 4.79 Å². The fourth-order valence-corrected chi connectivity index (χ4v) is 3.31. The second kappa shape index (κ2) is 6.40. The number of hydrogen-bond acceptors (Lipinski definition) is 4. The van der Waals surface area contributed by atoms with Crippen molar-refractivity contribution in [3.8, 4) is 5.75 Å². The van der Waals surface area contributed by atoms with Crippen molar-refractivity contribution >= 4 is 11.6 Å². The summed E-state index contributed by atoms with van der Waals surface area (Å²) in [7, 11) is 1.67. The van der Waals surface area contributed by atoms with Gasteiger partial charge in [0.2, 0.25) is 5.91 Å². The van der Waals surface area contributed by atoms with Crippen molar-refractivity contribution in [2.45, 2.75) is 12.5 Å². The van der Waals surface area contributed by atoms with Crippen LogP contribution in [0.3, 0.4) is 0 Å². The van der Waals surface area contributed by atoms with E-state index in [-0.39, 0.29) is 17.9 Å². The summed E-state index contributed by atoms with van der Waals surface area (Å²) in [6.45, 7) is 6.23. The van der Waals surface area contributed by atoms with E-state index in [0.717, 1.165) is 18.7 Å². The fraction of sp³-hybridized carbons (Fsp3) is 0.471. The van der Waals surface area contributed by atoms with Crippen LogP contribution in [0.2, 0.25) is 0 Å². The summed E-state index contributed by atoms with van der Waals surface area (Å²) in [6, 6.07) is 6.16. The highest BCUT2D eigenvalue weighted by molar-refractivity contribution is 5.82. The minimum Gasteiger partial charge on any atom is -0.497 e. The van der Waals surface area contributed by atoms with Crippen molar-refractivity contribution in [3.63, 3.8) is 0 Å². The van der Waals surface area contributed by atoms with E-state index < -0.39 is 0 Å². The Morgan fingerprint density at radius 2 is 2.45 bits per heavy atom. The maximum absolute atomic E-state index is 12.5. The van der Waals surface area contributed by atoms with Crippen molar-refractivity contribution in [1.29, 1.82) is 0 Å². The van der Waals surface area contributed by atoms with Gasteiger partial charge in [-0.15, -0.1) is 6.58 Å². The van der Waals surface area contributed by atoms with E-state index in [1.165, 1.54) is 11.3 Å². The average molecular weight is 302 g/mol. The molecule has 1 fully saturated rings. The van der Waals surface area contributed by atoms with Crippen LogP contribution in [-0.2, 0) is 16.0 Å². The molecule has 5 heteroatoms. The van der Waals surface area contributed by atoms with Gasteiger partial charge in [0, 0.05) is 24.8 Å². The number of carbonyl (C=O) groups excluding carboxylic acids is 1. The highest BCUT2D eigenvalue weighted by atomic mass is 16.5. The first-order chi connectivity index (χ1) is 10.7. The third kappa shape index (κ3) is 2.68. The minimum absolute atomic E-state index is 0.0712. The van der Waals surface area contributed by atoms with E-state index in [1.807, 2.05) is 6.07 Å². The topological polar surface area (TPSA) is 50.8 Å². The number of anilines is 1. The molecule has 118 valence electrons. The quantitative estimate of drug-likeness (QED) is 0.854. The van der Waals surface area contributed by atoms with Gasteiger partial charge < -0.3 is 19.7 Å². The summed E-state index contributed by atoms with van der Waals surface area (Å²) >= 11 is 0. The van der Waals surface area contributed by atoms with Gasteiger partial charge in [0.05, 0.1) is 32.3 Å². The predicted molar refractivity (Wildman–Crippen MR) is 85.3 cm³/mol. The molecule has 1 aromatic carbocycles. The van der Waals surface area contributed by atoms with Crippen LogP contribution < -0.4 is 15.0 Å². The van der Waals surface area contributed by atoms with Gasteiger partial charge >= 0.3 is 0 Å². The number of rotatable bonds is 4. The lowest BCUT2D eigenvalue weighted by atomic mass is 9.84. The van der Waals surface area contributed by atoms with Crippen LogP contribution in [-0.4, -0.2) is 45.4 Å². The molecule has 0 bridgehead atoms. The van der Waals surface area contributed by atoms with Gasteiger partial charge in [-0.25, -0.2) is 0 Å². The maximum Gasteiger partial charge on any atom is 0.225 e. The fourth-order valence-electron chi connectivity index (χ4n) is 3.31. The molecule has 1 amide bonds. The third-order valence-corrected chi connectivity index (χ3v) is 4.43. The molecule has 0 saturated carbocycles. The number of carbonyl (C=O) groups is 1. The van der Waals surface area contributed by atoms with E-state index in [0.29, 0.717) is 19.8 Å². The number of hydrogen-bond donors (Lipinski definition) is 1. The molecule has 22 heavy (non-hydrogen) atoms. The Morgan fingerprint density at radius 1 is 1.59 bits per heavy atom. The van der Waals surface area contributed by atoms with E-state index >= 15 is 0 Å². The molecule has 3 rings (SSSR count). The number of nitrogens with one attached hydrogen (secondary N) is 1. The molecule has 1 aromatic rings. The molecule has 2 aliphatic rings. The summed E-state index contributed by atoms with van der Waals surface area (Å²) in [5, 5.41) is 2.92. The molecule has 0 aliphatic carbocycles. The highest BCUT2D eigenvalue weighted by Gasteiger charge is 2.40. The van der Waals surface area contributed by atoms with Crippen LogP contribution in [0.1, 0.15) is 5.56 Å². The van der Waals surface area contributed by atoms with Crippen LogP contribution >= 0.6 is 0 Å². The zero-order valence-electron chi connectivity index (χ0n) is 12.9. The number of fused-ring (bicyclic) bond motifs is 3. The molecule has 5 nitrogen and oxygen atoms in total. The molecule has 2 heterocycles. The first-order valence-electron chi connectivity index (χ1n) is 7.64. The predicted octanol–water partition coefficient (Wildman–Crippen LogP) is 1.37. The zero-order valence-corrected chi connectivity index (χ0v) is 12.9.